The molecular formula is C13H15N3OS. The fraction of sp³-hybridized carbons (Fsp3) is 0.231. The van der Waals surface area contributed by atoms with Crippen LogP contribution in [0.15, 0.2) is 30.5 Å². The minimum absolute atomic E-state index is 0.132. The Balaban J connectivity index is 2.04. The zero-order valence-corrected chi connectivity index (χ0v) is 11.2. The molecule has 0 aliphatic heterocycles. The molecule has 0 saturated carbocycles. The molecule has 0 bridgehead atoms. The zero-order valence-electron chi connectivity index (χ0n) is 10.4. The summed E-state index contributed by atoms with van der Waals surface area (Å²) in [5, 5.41) is 6.60. The molecular weight excluding hydrogens is 246 g/mol. The van der Waals surface area contributed by atoms with Crippen molar-refractivity contribution in [3.63, 3.8) is 0 Å². The molecule has 94 valence electrons. The maximum atomic E-state index is 11.9. The molecule has 1 heterocycles. The Morgan fingerprint density at radius 2 is 2.06 bits per heavy atom. The van der Waals surface area contributed by atoms with Gasteiger partial charge in [-0.3, -0.25) is 10.1 Å². The normalized spacial score (nSPS) is 10.1. The highest BCUT2D eigenvalue weighted by atomic mass is 32.1. The highest BCUT2D eigenvalue weighted by Gasteiger charge is 2.07. The lowest BCUT2D eigenvalue weighted by atomic mass is 10.2. The average molecular weight is 261 g/mol. The molecule has 1 aromatic carbocycles. The van der Waals surface area contributed by atoms with Crippen LogP contribution in [0.5, 0.6) is 0 Å². The Hall–Kier alpha value is -1.88. The van der Waals surface area contributed by atoms with Crippen molar-refractivity contribution in [1.82, 2.24) is 4.98 Å². The summed E-state index contributed by atoms with van der Waals surface area (Å²) in [6.45, 7) is 4.86. The first kappa shape index (κ1) is 12.6. The summed E-state index contributed by atoms with van der Waals surface area (Å²) in [5.74, 6) is -0.132. The topological polar surface area (TPSA) is 54.0 Å². The van der Waals surface area contributed by atoms with Crippen LogP contribution in [0.4, 0.5) is 10.8 Å². The predicted molar refractivity (Wildman–Crippen MR) is 75.4 cm³/mol. The summed E-state index contributed by atoms with van der Waals surface area (Å²) in [6.07, 6.45) is 1.74. The molecule has 0 atom stereocenters. The largest absolute Gasteiger partial charge is 0.385 e. The minimum atomic E-state index is -0.132. The predicted octanol–water partition coefficient (Wildman–Crippen LogP) is 3.14. The molecule has 5 heteroatoms. The third-order valence-corrected chi connectivity index (χ3v) is 3.20. The van der Waals surface area contributed by atoms with Crippen LogP contribution in [0.2, 0.25) is 0 Å². The van der Waals surface area contributed by atoms with Gasteiger partial charge in [-0.15, -0.1) is 11.3 Å². The maximum Gasteiger partial charge on any atom is 0.257 e. The molecule has 0 radical (unpaired) electrons. The number of aryl methyl sites for hydroxylation is 1. The first-order valence-corrected chi connectivity index (χ1v) is 6.58. The molecule has 0 aliphatic carbocycles. The van der Waals surface area contributed by atoms with Crippen LogP contribution in [-0.4, -0.2) is 17.4 Å². The fourth-order valence-electron chi connectivity index (χ4n) is 1.53. The van der Waals surface area contributed by atoms with Gasteiger partial charge in [-0.25, -0.2) is 4.98 Å². The second kappa shape index (κ2) is 5.64. The fourth-order valence-corrected chi connectivity index (χ4v) is 2.18. The van der Waals surface area contributed by atoms with Gasteiger partial charge in [-0.1, -0.05) is 0 Å². The van der Waals surface area contributed by atoms with Gasteiger partial charge in [0.25, 0.3) is 5.91 Å². The number of benzene rings is 1. The van der Waals surface area contributed by atoms with Gasteiger partial charge in [-0.05, 0) is 38.1 Å². The van der Waals surface area contributed by atoms with Gasteiger partial charge in [0.15, 0.2) is 5.13 Å². The Morgan fingerprint density at radius 1 is 1.33 bits per heavy atom. The van der Waals surface area contributed by atoms with Crippen LogP contribution >= 0.6 is 11.3 Å². The summed E-state index contributed by atoms with van der Waals surface area (Å²) in [5.41, 5.74) is 1.64. The second-order valence-corrected chi connectivity index (χ2v) is 5.07. The summed E-state index contributed by atoms with van der Waals surface area (Å²) in [6, 6.07) is 7.39. The van der Waals surface area contributed by atoms with E-state index in [2.05, 4.69) is 15.6 Å². The van der Waals surface area contributed by atoms with E-state index in [4.69, 9.17) is 0 Å². The standard InChI is InChI=1S/C13H15N3OS/c1-3-14-11-6-4-10(5-7-11)12(17)16-13-15-8-9(2)18-13/h4-8,14H,3H2,1-2H3,(H,15,16,17). The highest BCUT2D eigenvalue weighted by Crippen LogP contribution is 2.18. The zero-order chi connectivity index (χ0) is 13.0. The summed E-state index contributed by atoms with van der Waals surface area (Å²) < 4.78 is 0. The third kappa shape index (κ3) is 3.07. The van der Waals surface area contributed by atoms with E-state index in [0.717, 1.165) is 17.1 Å². The van der Waals surface area contributed by atoms with Crippen molar-refractivity contribution >= 4 is 28.1 Å². The van der Waals surface area contributed by atoms with E-state index >= 15 is 0 Å². The van der Waals surface area contributed by atoms with E-state index in [9.17, 15) is 4.79 Å². The molecule has 2 aromatic rings. The van der Waals surface area contributed by atoms with Gasteiger partial charge in [0.1, 0.15) is 0 Å². The lowest BCUT2D eigenvalue weighted by Crippen LogP contribution is -2.11. The van der Waals surface area contributed by atoms with Crippen LogP contribution < -0.4 is 10.6 Å². The van der Waals surface area contributed by atoms with Crippen molar-refractivity contribution in [3.8, 4) is 0 Å². The monoisotopic (exact) mass is 261 g/mol. The lowest BCUT2D eigenvalue weighted by Gasteiger charge is -2.05. The molecule has 0 aliphatic rings. The van der Waals surface area contributed by atoms with Crippen molar-refractivity contribution in [2.24, 2.45) is 0 Å². The van der Waals surface area contributed by atoms with E-state index < -0.39 is 0 Å². The van der Waals surface area contributed by atoms with E-state index in [1.54, 1.807) is 18.3 Å². The van der Waals surface area contributed by atoms with E-state index in [-0.39, 0.29) is 5.91 Å². The summed E-state index contributed by atoms with van der Waals surface area (Å²) >= 11 is 1.47. The average Bonchev–Trinajstić information content (AvgIpc) is 2.76. The lowest BCUT2D eigenvalue weighted by molar-refractivity contribution is 0.102. The van der Waals surface area contributed by atoms with Gasteiger partial charge >= 0.3 is 0 Å². The SMILES string of the molecule is CCNc1ccc(C(=O)Nc2ncc(C)s2)cc1. The summed E-state index contributed by atoms with van der Waals surface area (Å²) in [7, 11) is 0. The van der Waals surface area contributed by atoms with Crippen LogP contribution in [0.1, 0.15) is 22.2 Å². The van der Waals surface area contributed by atoms with Gasteiger partial charge in [0.2, 0.25) is 0 Å². The van der Waals surface area contributed by atoms with E-state index in [1.165, 1.54) is 11.3 Å². The van der Waals surface area contributed by atoms with Crippen molar-refractivity contribution in [3.05, 3.63) is 40.9 Å². The molecule has 1 aromatic heterocycles. The van der Waals surface area contributed by atoms with Gasteiger partial charge < -0.3 is 5.32 Å². The van der Waals surface area contributed by atoms with Gasteiger partial charge in [-0.2, -0.15) is 0 Å². The van der Waals surface area contributed by atoms with Crippen LogP contribution in [-0.2, 0) is 0 Å². The number of thiazole rings is 1. The molecule has 0 spiro atoms. The number of carbonyl (C=O) groups is 1. The molecule has 0 fully saturated rings. The Labute approximate surface area is 110 Å². The Morgan fingerprint density at radius 3 is 2.61 bits per heavy atom. The quantitative estimate of drug-likeness (QED) is 0.889. The number of amides is 1. The van der Waals surface area contributed by atoms with Crippen molar-refractivity contribution in [2.45, 2.75) is 13.8 Å². The number of carbonyl (C=O) groups excluding carboxylic acids is 1. The molecule has 4 nitrogen and oxygen atoms in total. The third-order valence-electron chi connectivity index (χ3n) is 2.37. The van der Waals surface area contributed by atoms with Gasteiger partial charge in [0.05, 0.1) is 0 Å². The molecule has 0 saturated heterocycles. The number of hydrogen-bond acceptors (Lipinski definition) is 4. The number of rotatable bonds is 4. The maximum absolute atomic E-state index is 11.9. The molecule has 0 unspecified atom stereocenters. The smallest absolute Gasteiger partial charge is 0.257 e. The van der Waals surface area contributed by atoms with Crippen molar-refractivity contribution in [1.29, 1.82) is 0 Å². The first-order valence-electron chi connectivity index (χ1n) is 5.76. The molecule has 1 amide bonds. The van der Waals surface area contributed by atoms with Crippen molar-refractivity contribution < 1.29 is 4.79 Å². The van der Waals surface area contributed by atoms with Crippen LogP contribution in [0.25, 0.3) is 0 Å². The Bertz CT molecular complexity index is 533. The van der Waals surface area contributed by atoms with Crippen molar-refractivity contribution in [2.75, 3.05) is 17.2 Å². The van der Waals surface area contributed by atoms with E-state index in [0.29, 0.717) is 10.7 Å². The van der Waals surface area contributed by atoms with E-state index in [1.807, 2.05) is 26.0 Å². The second-order valence-electron chi connectivity index (χ2n) is 3.84. The molecule has 18 heavy (non-hydrogen) atoms. The van der Waals surface area contributed by atoms with Crippen LogP contribution in [0.3, 0.4) is 0 Å². The number of nitrogens with zero attached hydrogens (tertiary/aromatic N) is 1. The first-order chi connectivity index (χ1) is 8.69. The Kier molecular flexibility index (Phi) is 3.94. The number of hydrogen-bond donors (Lipinski definition) is 2. The molecule has 2 rings (SSSR count). The highest BCUT2D eigenvalue weighted by molar-refractivity contribution is 7.15. The number of anilines is 2. The van der Waals surface area contributed by atoms with Gasteiger partial charge in [0, 0.05) is 28.9 Å². The minimum Gasteiger partial charge on any atom is -0.385 e. The molecule has 2 N–H and O–H groups in total. The van der Waals surface area contributed by atoms with Crippen LogP contribution in [0, 0.1) is 6.92 Å². The number of aromatic nitrogens is 1. The summed E-state index contributed by atoms with van der Waals surface area (Å²) in [4.78, 5) is 17.1. The number of nitrogens with one attached hydrogen (secondary N) is 2.